The number of thiazole rings is 1. The summed E-state index contributed by atoms with van der Waals surface area (Å²) in [5.74, 6) is 0. The van der Waals surface area contributed by atoms with Crippen LogP contribution < -0.4 is 10.2 Å². The van der Waals surface area contributed by atoms with Gasteiger partial charge in [0.25, 0.3) is 0 Å². The topological polar surface area (TPSA) is 37.4 Å². The first-order chi connectivity index (χ1) is 8.65. The first-order valence-corrected chi connectivity index (χ1v) is 7.39. The van der Waals surface area contributed by atoms with Gasteiger partial charge >= 0.3 is 0 Å². The van der Waals surface area contributed by atoms with Crippen LogP contribution in [0.15, 0.2) is 0 Å². The molecule has 2 heterocycles. The molecule has 1 aromatic rings. The summed E-state index contributed by atoms with van der Waals surface area (Å²) in [4.78, 5) is 8.45. The summed E-state index contributed by atoms with van der Waals surface area (Å²) in [6, 6.07) is 0.382. The highest BCUT2D eigenvalue weighted by atomic mass is 32.1. The Balaban J connectivity index is 2.06. The number of nitrogens with zero attached hydrogens (tertiary/aromatic N) is 2. The molecule has 1 aliphatic heterocycles. The van der Waals surface area contributed by atoms with Crippen LogP contribution in [-0.4, -0.2) is 38.3 Å². The normalized spacial score (nSPS) is 19.2. The van der Waals surface area contributed by atoms with Gasteiger partial charge in [0.15, 0.2) is 5.13 Å². The summed E-state index contributed by atoms with van der Waals surface area (Å²) < 4.78 is 5.41. The van der Waals surface area contributed by atoms with Crippen LogP contribution in [-0.2, 0) is 4.74 Å². The van der Waals surface area contributed by atoms with Crippen molar-refractivity contribution in [2.45, 2.75) is 38.8 Å². The van der Waals surface area contributed by atoms with Crippen LogP contribution in [0.25, 0.3) is 0 Å². The largest absolute Gasteiger partial charge is 0.381 e. The molecular weight excluding hydrogens is 246 g/mol. The fraction of sp³-hybridized carbons (Fsp3) is 0.769. The molecule has 4 nitrogen and oxygen atoms in total. The van der Waals surface area contributed by atoms with E-state index in [4.69, 9.17) is 9.72 Å². The molecule has 0 saturated carbocycles. The third-order valence-corrected chi connectivity index (χ3v) is 5.09. The van der Waals surface area contributed by atoms with Crippen molar-refractivity contribution < 1.29 is 4.74 Å². The second-order valence-electron chi connectivity index (χ2n) is 4.88. The number of methoxy groups -OCH3 is 1. The van der Waals surface area contributed by atoms with Crippen molar-refractivity contribution in [1.29, 1.82) is 0 Å². The average Bonchev–Trinajstić information content (AvgIpc) is 2.80. The van der Waals surface area contributed by atoms with Gasteiger partial charge in [-0.2, -0.15) is 0 Å². The number of hydrogen-bond acceptors (Lipinski definition) is 5. The molecule has 18 heavy (non-hydrogen) atoms. The van der Waals surface area contributed by atoms with Crippen molar-refractivity contribution in [3.05, 3.63) is 10.6 Å². The van der Waals surface area contributed by atoms with E-state index in [0.717, 1.165) is 31.6 Å². The van der Waals surface area contributed by atoms with Gasteiger partial charge in [0.2, 0.25) is 0 Å². The highest BCUT2D eigenvalue weighted by Crippen LogP contribution is 2.32. The molecule has 0 amide bonds. The Bertz CT molecular complexity index is 386. The predicted molar refractivity (Wildman–Crippen MR) is 76.6 cm³/mol. The van der Waals surface area contributed by atoms with E-state index in [1.54, 1.807) is 7.11 Å². The zero-order chi connectivity index (χ0) is 13.1. The molecular formula is C13H23N3OS. The molecule has 0 spiro atoms. The van der Waals surface area contributed by atoms with Crippen LogP contribution in [0.1, 0.15) is 36.4 Å². The zero-order valence-electron chi connectivity index (χ0n) is 11.7. The van der Waals surface area contributed by atoms with E-state index in [1.165, 1.54) is 10.0 Å². The SMILES string of the molecule is CNC(C)c1sc(N2CCC(OC)CC2)nc1C. The van der Waals surface area contributed by atoms with E-state index in [9.17, 15) is 0 Å². The average molecular weight is 269 g/mol. The van der Waals surface area contributed by atoms with Gasteiger partial charge in [0.05, 0.1) is 11.8 Å². The van der Waals surface area contributed by atoms with Crippen molar-refractivity contribution in [3.63, 3.8) is 0 Å². The Morgan fingerprint density at radius 2 is 2.11 bits per heavy atom. The fourth-order valence-electron chi connectivity index (χ4n) is 2.34. The standard InChI is InChI=1S/C13H23N3OS/c1-9(14-3)12-10(2)15-13(18-12)16-7-5-11(17-4)6-8-16/h9,11,14H,5-8H2,1-4H3. The lowest BCUT2D eigenvalue weighted by Crippen LogP contribution is -2.36. The molecule has 1 aromatic heterocycles. The van der Waals surface area contributed by atoms with Gasteiger partial charge in [-0.05, 0) is 33.7 Å². The van der Waals surface area contributed by atoms with Crippen LogP contribution in [0, 0.1) is 6.92 Å². The highest BCUT2D eigenvalue weighted by Gasteiger charge is 2.22. The number of rotatable bonds is 4. The molecule has 1 N–H and O–H groups in total. The third-order valence-electron chi connectivity index (χ3n) is 3.69. The fourth-order valence-corrected chi connectivity index (χ4v) is 3.52. The quantitative estimate of drug-likeness (QED) is 0.910. The summed E-state index contributed by atoms with van der Waals surface area (Å²) in [7, 11) is 3.80. The highest BCUT2D eigenvalue weighted by molar-refractivity contribution is 7.15. The van der Waals surface area contributed by atoms with E-state index in [-0.39, 0.29) is 0 Å². The third kappa shape index (κ3) is 2.84. The second kappa shape index (κ2) is 5.99. The second-order valence-corrected chi connectivity index (χ2v) is 5.89. The Labute approximate surface area is 113 Å². The lowest BCUT2D eigenvalue weighted by molar-refractivity contribution is 0.0819. The number of anilines is 1. The minimum atomic E-state index is 0.382. The maximum absolute atomic E-state index is 5.41. The number of piperidine rings is 1. The van der Waals surface area contributed by atoms with Crippen molar-refractivity contribution in [2.75, 3.05) is 32.1 Å². The number of aryl methyl sites for hydroxylation is 1. The Hall–Kier alpha value is -0.650. The van der Waals surface area contributed by atoms with Gasteiger partial charge in [0, 0.05) is 31.1 Å². The Kier molecular flexibility index (Phi) is 4.59. The van der Waals surface area contributed by atoms with Gasteiger partial charge in [-0.3, -0.25) is 0 Å². The molecule has 1 unspecified atom stereocenters. The van der Waals surface area contributed by atoms with E-state index in [2.05, 4.69) is 24.1 Å². The minimum Gasteiger partial charge on any atom is -0.381 e. The molecule has 1 saturated heterocycles. The molecule has 2 rings (SSSR count). The number of ether oxygens (including phenoxy) is 1. The molecule has 0 aromatic carbocycles. The van der Waals surface area contributed by atoms with Crippen molar-refractivity contribution in [1.82, 2.24) is 10.3 Å². The Morgan fingerprint density at radius 1 is 1.44 bits per heavy atom. The van der Waals surface area contributed by atoms with Crippen LogP contribution >= 0.6 is 11.3 Å². The first-order valence-electron chi connectivity index (χ1n) is 6.58. The first kappa shape index (κ1) is 13.8. The van der Waals surface area contributed by atoms with Crippen LogP contribution in [0.3, 0.4) is 0 Å². The predicted octanol–water partition coefficient (Wildman–Crippen LogP) is 2.35. The summed E-state index contributed by atoms with van der Waals surface area (Å²) >= 11 is 1.82. The molecule has 1 fully saturated rings. The van der Waals surface area contributed by atoms with Gasteiger partial charge in [-0.15, -0.1) is 11.3 Å². The monoisotopic (exact) mass is 269 g/mol. The molecule has 1 aliphatic rings. The lowest BCUT2D eigenvalue weighted by Gasteiger charge is -2.30. The van der Waals surface area contributed by atoms with Gasteiger partial charge < -0.3 is 15.0 Å². The molecule has 1 atom stereocenters. The molecule has 5 heteroatoms. The molecule has 102 valence electrons. The van der Waals surface area contributed by atoms with Crippen LogP contribution in [0.2, 0.25) is 0 Å². The summed E-state index contributed by atoms with van der Waals surface area (Å²) in [5.41, 5.74) is 1.16. The summed E-state index contributed by atoms with van der Waals surface area (Å²) in [6.07, 6.45) is 2.64. The van der Waals surface area contributed by atoms with Gasteiger partial charge in [-0.1, -0.05) is 0 Å². The van der Waals surface area contributed by atoms with Gasteiger partial charge in [0.1, 0.15) is 0 Å². The lowest BCUT2D eigenvalue weighted by atomic mass is 10.1. The van der Waals surface area contributed by atoms with Gasteiger partial charge in [-0.25, -0.2) is 4.98 Å². The summed E-state index contributed by atoms with van der Waals surface area (Å²) in [6.45, 7) is 6.39. The van der Waals surface area contributed by atoms with E-state index in [1.807, 2.05) is 18.4 Å². The molecule has 0 radical (unpaired) electrons. The van der Waals surface area contributed by atoms with Crippen LogP contribution in [0.4, 0.5) is 5.13 Å². The summed E-state index contributed by atoms with van der Waals surface area (Å²) in [5, 5.41) is 4.45. The van der Waals surface area contributed by atoms with Crippen molar-refractivity contribution in [3.8, 4) is 0 Å². The van der Waals surface area contributed by atoms with E-state index in [0.29, 0.717) is 12.1 Å². The Morgan fingerprint density at radius 3 is 2.67 bits per heavy atom. The maximum Gasteiger partial charge on any atom is 0.185 e. The minimum absolute atomic E-state index is 0.382. The number of hydrogen-bond donors (Lipinski definition) is 1. The maximum atomic E-state index is 5.41. The van der Waals surface area contributed by atoms with Crippen molar-refractivity contribution >= 4 is 16.5 Å². The molecule has 0 bridgehead atoms. The number of aromatic nitrogens is 1. The number of nitrogens with one attached hydrogen (secondary N) is 1. The van der Waals surface area contributed by atoms with Crippen LogP contribution in [0.5, 0.6) is 0 Å². The van der Waals surface area contributed by atoms with E-state index < -0.39 is 0 Å². The zero-order valence-corrected chi connectivity index (χ0v) is 12.5. The van der Waals surface area contributed by atoms with Crippen molar-refractivity contribution in [2.24, 2.45) is 0 Å². The smallest absolute Gasteiger partial charge is 0.185 e. The van der Waals surface area contributed by atoms with E-state index >= 15 is 0 Å². The molecule has 0 aliphatic carbocycles.